The average molecular weight is 310 g/mol. The highest BCUT2D eigenvalue weighted by Crippen LogP contribution is 2.22. The SMILES string of the molecule is COc1ccccc1-n1cc(S(=O)(=O)N[C@@H](C)CN)cn1. The van der Waals surface area contributed by atoms with E-state index in [-0.39, 0.29) is 17.5 Å². The number of hydrogen-bond donors (Lipinski definition) is 2. The number of nitrogens with zero attached hydrogens (tertiary/aromatic N) is 2. The van der Waals surface area contributed by atoms with E-state index < -0.39 is 10.0 Å². The molecule has 114 valence electrons. The van der Waals surface area contributed by atoms with Crippen LogP contribution in [0.25, 0.3) is 5.69 Å². The number of rotatable bonds is 6. The summed E-state index contributed by atoms with van der Waals surface area (Å²) in [7, 11) is -2.09. The van der Waals surface area contributed by atoms with Crippen LogP contribution in [-0.2, 0) is 10.0 Å². The molecule has 8 heteroatoms. The van der Waals surface area contributed by atoms with Crippen molar-refractivity contribution in [2.24, 2.45) is 5.73 Å². The van der Waals surface area contributed by atoms with Crippen molar-refractivity contribution in [3.05, 3.63) is 36.7 Å². The smallest absolute Gasteiger partial charge is 0.243 e. The van der Waals surface area contributed by atoms with Crippen LogP contribution in [0.4, 0.5) is 0 Å². The van der Waals surface area contributed by atoms with Gasteiger partial charge in [-0.25, -0.2) is 17.8 Å². The molecule has 0 aliphatic rings. The van der Waals surface area contributed by atoms with Gasteiger partial charge in [-0.2, -0.15) is 5.10 Å². The highest BCUT2D eigenvalue weighted by atomic mass is 32.2. The van der Waals surface area contributed by atoms with Crippen LogP contribution < -0.4 is 15.2 Å². The first-order chi connectivity index (χ1) is 9.97. The number of sulfonamides is 1. The molecule has 3 N–H and O–H groups in total. The average Bonchev–Trinajstić information content (AvgIpc) is 2.97. The molecule has 0 fully saturated rings. The maximum atomic E-state index is 12.1. The van der Waals surface area contributed by atoms with E-state index in [4.69, 9.17) is 10.5 Å². The summed E-state index contributed by atoms with van der Waals surface area (Å²) in [5.41, 5.74) is 6.09. The van der Waals surface area contributed by atoms with Crippen molar-refractivity contribution >= 4 is 10.0 Å². The number of nitrogens with one attached hydrogen (secondary N) is 1. The minimum Gasteiger partial charge on any atom is -0.494 e. The molecule has 0 saturated carbocycles. The van der Waals surface area contributed by atoms with Crippen LogP contribution in [-0.4, -0.2) is 37.9 Å². The van der Waals surface area contributed by atoms with Crippen LogP contribution in [0.2, 0.25) is 0 Å². The van der Waals surface area contributed by atoms with E-state index >= 15 is 0 Å². The lowest BCUT2D eigenvalue weighted by Gasteiger charge is -2.10. The molecule has 1 aromatic heterocycles. The minimum absolute atomic E-state index is 0.0775. The summed E-state index contributed by atoms with van der Waals surface area (Å²) in [5, 5.41) is 4.08. The Balaban J connectivity index is 2.34. The van der Waals surface area contributed by atoms with Gasteiger partial charge < -0.3 is 10.5 Å². The van der Waals surface area contributed by atoms with E-state index in [9.17, 15) is 8.42 Å². The minimum atomic E-state index is -3.63. The van der Waals surface area contributed by atoms with Crippen molar-refractivity contribution < 1.29 is 13.2 Å². The lowest BCUT2D eigenvalue weighted by Crippen LogP contribution is -2.37. The van der Waals surface area contributed by atoms with E-state index in [1.54, 1.807) is 26.2 Å². The normalized spacial score (nSPS) is 13.1. The van der Waals surface area contributed by atoms with Crippen molar-refractivity contribution in [1.82, 2.24) is 14.5 Å². The molecular weight excluding hydrogens is 292 g/mol. The van der Waals surface area contributed by atoms with Gasteiger partial charge in [-0.3, -0.25) is 0 Å². The molecule has 1 heterocycles. The third-order valence-corrected chi connectivity index (χ3v) is 4.46. The molecule has 2 aromatic rings. The topological polar surface area (TPSA) is 99.2 Å². The molecular formula is C13H18N4O3S. The van der Waals surface area contributed by atoms with Crippen LogP contribution in [0.3, 0.4) is 0 Å². The third-order valence-electron chi connectivity index (χ3n) is 2.91. The van der Waals surface area contributed by atoms with E-state index in [0.29, 0.717) is 11.4 Å². The molecule has 0 spiro atoms. The van der Waals surface area contributed by atoms with E-state index in [0.717, 1.165) is 0 Å². The van der Waals surface area contributed by atoms with Crippen LogP contribution in [0.15, 0.2) is 41.6 Å². The number of para-hydroxylation sites is 2. The zero-order chi connectivity index (χ0) is 15.5. The van der Waals surface area contributed by atoms with Crippen molar-refractivity contribution in [2.45, 2.75) is 17.9 Å². The van der Waals surface area contributed by atoms with E-state index in [1.807, 2.05) is 12.1 Å². The molecule has 0 unspecified atom stereocenters. The fourth-order valence-corrected chi connectivity index (χ4v) is 2.96. The van der Waals surface area contributed by atoms with Crippen molar-refractivity contribution in [3.8, 4) is 11.4 Å². The van der Waals surface area contributed by atoms with Gasteiger partial charge in [0.25, 0.3) is 0 Å². The van der Waals surface area contributed by atoms with Gasteiger partial charge in [0.2, 0.25) is 10.0 Å². The highest BCUT2D eigenvalue weighted by molar-refractivity contribution is 7.89. The highest BCUT2D eigenvalue weighted by Gasteiger charge is 2.19. The summed E-state index contributed by atoms with van der Waals surface area (Å²) in [4.78, 5) is 0.0775. The first-order valence-corrected chi connectivity index (χ1v) is 7.86. The van der Waals surface area contributed by atoms with Crippen LogP contribution in [0.1, 0.15) is 6.92 Å². The molecule has 0 aliphatic carbocycles. The second-order valence-corrected chi connectivity index (χ2v) is 6.26. The predicted molar refractivity (Wildman–Crippen MR) is 79.0 cm³/mol. The zero-order valence-corrected chi connectivity index (χ0v) is 12.7. The predicted octanol–water partition coefficient (Wildman–Crippen LogP) is 0.506. The molecule has 0 saturated heterocycles. The fraction of sp³-hybridized carbons (Fsp3) is 0.308. The summed E-state index contributed by atoms with van der Waals surface area (Å²) >= 11 is 0. The monoisotopic (exact) mass is 310 g/mol. The lowest BCUT2D eigenvalue weighted by atomic mass is 10.3. The summed E-state index contributed by atoms with van der Waals surface area (Å²) in [6, 6.07) is 6.87. The second-order valence-electron chi connectivity index (χ2n) is 4.55. The van der Waals surface area contributed by atoms with Gasteiger partial charge in [0.1, 0.15) is 16.3 Å². The number of nitrogens with two attached hydrogens (primary N) is 1. The summed E-state index contributed by atoms with van der Waals surface area (Å²) < 4.78 is 33.5. The lowest BCUT2D eigenvalue weighted by molar-refractivity contribution is 0.411. The fourth-order valence-electron chi connectivity index (χ4n) is 1.78. The third kappa shape index (κ3) is 3.41. The van der Waals surface area contributed by atoms with Gasteiger partial charge in [0.05, 0.1) is 19.5 Å². The molecule has 0 bridgehead atoms. The number of ether oxygens (including phenoxy) is 1. The Morgan fingerprint density at radius 3 is 2.81 bits per heavy atom. The van der Waals surface area contributed by atoms with Gasteiger partial charge >= 0.3 is 0 Å². The van der Waals surface area contributed by atoms with Gasteiger partial charge in [0.15, 0.2) is 0 Å². The Labute approximate surface area is 123 Å². The Morgan fingerprint density at radius 2 is 2.14 bits per heavy atom. The number of hydrogen-bond acceptors (Lipinski definition) is 5. The Bertz CT molecular complexity index is 712. The van der Waals surface area contributed by atoms with Gasteiger partial charge in [-0.05, 0) is 19.1 Å². The number of benzene rings is 1. The molecule has 0 radical (unpaired) electrons. The van der Waals surface area contributed by atoms with Crippen LogP contribution in [0.5, 0.6) is 5.75 Å². The number of aromatic nitrogens is 2. The molecule has 1 atom stereocenters. The van der Waals surface area contributed by atoms with Crippen molar-refractivity contribution in [2.75, 3.05) is 13.7 Å². The maximum absolute atomic E-state index is 12.1. The largest absolute Gasteiger partial charge is 0.494 e. The van der Waals surface area contributed by atoms with Gasteiger partial charge in [0, 0.05) is 12.6 Å². The molecule has 7 nitrogen and oxygen atoms in total. The Hall–Kier alpha value is -1.90. The number of methoxy groups -OCH3 is 1. The second kappa shape index (κ2) is 6.25. The molecule has 0 amide bonds. The molecule has 2 rings (SSSR count). The molecule has 1 aromatic carbocycles. The molecule has 21 heavy (non-hydrogen) atoms. The zero-order valence-electron chi connectivity index (χ0n) is 11.9. The maximum Gasteiger partial charge on any atom is 0.243 e. The summed E-state index contributed by atoms with van der Waals surface area (Å²) in [5.74, 6) is 0.604. The standard InChI is InChI=1S/C13H18N4O3S/c1-10(7-14)16-21(18,19)11-8-15-17(9-11)12-5-3-4-6-13(12)20-2/h3-6,8-10,16H,7,14H2,1-2H3/t10-/m0/s1. The van der Waals surface area contributed by atoms with Crippen LogP contribution in [0, 0.1) is 0 Å². The van der Waals surface area contributed by atoms with Crippen LogP contribution >= 0.6 is 0 Å². The Kier molecular flexibility index (Phi) is 4.61. The van der Waals surface area contributed by atoms with Crippen molar-refractivity contribution in [1.29, 1.82) is 0 Å². The Morgan fingerprint density at radius 1 is 1.43 bits per heavy atom. The summed E-state index contributed by atoms with van der Waals surface area (Å²) in [6.45, 7) is 1.92. The van der Waals surface area contributed by atoms with Gasteiger partial charge in [-0.1, -0.05) is 12.1 Å². The molecule has 0 aliphatic heterocycles. The van der Waals surface area contributed by atoms with Crippen molar-refractivity contribution in [3.63, 3.8) is 0 Å². The quantitative estimate of drug-likeness (QED) is 0.809. The first-order valence-electron chi connectivity index (χ1n) is 6.38. The van der Waals surface area contributed by atoms with E-state index in [1.165, 1.54) is 17.1 Å². The van der Waals surface area contributed by atoms with E-state index in [2.05, 4.69) is 9.82 Å². The summed E-state index contributed by atoms with van der Waals surface area (Å²) in [6.07, 6.45) is 2.72. The first kappa shape index (κ1) is 15.5. The van der Waals surface area contributed by atoms with Gasteiger partial charge in [-0.15, -0.1) is 0 Å².